The van der Waals surface area contributed by atoms with Gasteiger partial charge in [0.25, 0.3) is 0 Å². The highest BCUT2D eigenvalue weighted by molar-refractivity contribution is 4.56. The molecule has 0 aromatic carbocycles. The lowest BCUT2D eigenvalue weighted by atomic mass is 9.94. The third kappa shape index (κ3) is 4.43. The highest BCUT2D eigenvalue weighted by Gasteiger charge is 2.05. The number of hydrogen-bond acceptors (Lipinski definition) is 0. The summed E-state index contributed by atoms with van der Waals surface area (Å²) in [7, 11) is 0. The molecular formula is C8H17F. The van der Waals surface area contributed by atoms with Crippen molar-refractivity contribution in [3.8, 4) is 0 Å². The van der Waals surface area contributed by atoms with E-state index in [1.165, 1.54) is 0 Å². The average Bonchev–Trinajstić information content (AvgIpc) is 1.82. The van der Waals surface area contributed by atoms with E-state index in [9.17, 15) is 4.39 Å². The van der Waals surface area contributed by atoms with Gasteiger partial charge in [0.1, 0.15) is 0 Å². The fourth-order valence-electron chi connectivity index (χ4n) is 0.732. The molecular weight excluding hydrogens is 115 g/mol. The second-order valence-electron chi connectivity index (χ2n) is 3.05. The molecule has 0 saturated heterocycles. The van der Waals surface area contributed by atoms with Crippen molar-refractivity contribution in [1.82, 2.24) is 0 Å². The third-order valence-corrected chi connectivity index (χ3v) is 1.93. The van der Waals surface area contributed by atoms with Gasteiger partial charge in [0, 0.05) is 0 Å². The van der Waals surface area contributed by atoms with E-state index in [0.29, 0.717) is 11.8 Å². The molecule has 0 amide bonds. The van der Waals surface area contributed by atoms with Gasteiger partial charge in [-0.25, -0.2) is 0 Å². The van der Waals surface area contributed by atoms with Gasteiger partial charge in [-0.15, -0.1) is 0 Å². The van der Waals surface area contributed by atoms with Crippen molar-refractivity contribution in [3.63, 3.8) is 0 Å². The number of alkyl halides is 1. The quantitative estimate of drug-likeness (QED) is 0.551. The Balaban J connectivity index is 3.16. The molecule has 0 saturated carbocycles. The predicted molar refractivity (Wildman–Crippen MR) is 39.2 cm³/mol. The molecule has 9 heavy (non-hydrogen) atoms. The summed E-state index contributed by atoms with van der Waals surface area (Å²) in [6.45, 7) is 6.39. The summed E-state index contributed by atoms with van der Waals surface area (Å²) in [5, 5.41) is 0. The van der Waals surface area contributed by atoms with Gasteiger partial charge in [-0.05, 0) is 24.7 Å². The first-order chi connectivity index (χ1) is 4.18. The van der Waals surface area contributed by atoms with Gasteiger partial charge in [0.2, 0.25) is 0 Å². The second kappa shape index (κ2) is 4.78. The minimum Gasteiger partial charge on any atom is -0.251 e. The van der Waals surface area contributed by atoms with Crippen molar-refractivity contribution in [2.24, 2.45) is 11.8 Å². The topological polar surface area (TPSA) is 0 Å². The lowest BCUT2D eigenvalue weighted by Gasteiger charge is -2.13. The van der Waals surface area contributed by atoms with Crippen molar-refractivity contribution >= 4 is 0 Å². The Morgan fingerprint density at radius 1 is 1.22 bits per heavy atom. The maximum Gasteiger partial charge on any atom is 0.0894 e. The summed E-state index contributed by atoms with van der Waals surface area (Å²) < 4.78 is 11.6. The first-order valence-corrected chi connectivity index (χ1v) is 3.74. The van der Waals surface area contributed by atoms with Crippen LogP contribution in [0.25, 0.3) is 0 Å². The molecule has 56 valence electrons. The van der Waals surface area contributed by atoms with E-state index in [4.69, 9.17) is 0 Å². The maximum atomic E-state index is 11.6. The Morgan fingerprint density at radius 3 is 2.11 bits per heavy atom. The molecule has 0 nitrogen and oxygen atoms in total. The summed E-state index contributed by atoms with van der Waals surface area (Å²) in [5.74, 6) is 1.39. The first kappa shape index (κ1) is 8.93. The van der Waals surface area contributed by atoms with Crippen LogP contribution in [-0.4, -0.2) is 6.67 Å². The lowest BCUT2D eigenvalue weighted by molar-refractivity contribution is 0.352. The van der Waals surface area contributed by atoms with E-state index in [0.717, 1.165) is 12.8 Å². The minimum absolute atomic E-state index is 0.156. The molecule has 0 heterocycles. The first-order valence-electron chi connectivity index (χ1n) is 3.74. The van der Waals surface area contributed by atoms with E-state index in [1.54, 1.807) is 0 Å². The standard InChI is InChI=1S/C8H17F/c1-7(2)8(3)5-4-6-9/h7-8H,4-6H2,1-3H3. The molecule has 0 rings (SSSR count). The average molecular weight is 132 g/mol. The molecule has 0 aromatic heterocycles. The molecule has 0 radical (unpaired) electrons. The molecule has 1 atom stereocenters. The zero-order valence-corrected chi connectivity index (χ0v) is 6.65. The van der Waals surface area contributed by atoms with Gasteiger partial charge in [0.15, 0.2) is 0 Å². The van der Waals surface area contributed by atoms with Crippen LogP contribution in [-0.2, 0) is 0 Å². The monoisotopic (exact) mass is 132 g/mol. The molecule has 0 N–H and O–H groups in total. The Morgan fingerprint density at radius 2 is 1.78 bits per heavy atom. The summed E-state index contributed by atoms with van der Waals surface area (Å²) in [6.07, 6.45) is 1.77. The molecule has 0 spiro atoms. The summed E-state index contributed by atoms with van der Waals surface area (Å²) in [6, 6.07) is 0. The lowest BCUT2D eigenvalue weighted by Crippen LogP contribution is -2.03. The van der Waals surface area contributed by atoms with Crippen LogP contribution in [0, 0.1) is 11.8 Å². The molecule has 0 aliphatic heterocycles. The SMILES string of the molecule is CC(C)C(C)CCCF. The number of rotatable bonds is 4. The summed E-state index contributed by atoms with van der Waals surface area (Å²) in [4.78, 5) is 0. The zero-order chi connectivity index (χ0) is 7.28. The summed E-state index contributed by atoms with van der Waals surface area (Å²) >= 11 is 0. The summed E-state index contributed by atoms with van der Waals surface area (Å²) in [5.41, 5.74) is 0. The highest BCUT2D eigenvalue weighted by atomic mass is 19.1. The van der Waals surface area contributed by atoms with Gasteiger partial charge in [-0.2, -0.15) is 0 Å². The minimum atomic E-state index is -0.156. The smallest absolute Gasteiger partial charge is 0.0894 e. The third-order valence-electron chi connectivity index (χ3n) is 1.93. The van der Waals surface area contributed by atoms with Crippen LogP contribution < -0.4 is 0 Å². The van der Waals surface area contributed by atoms with Gasteiger partial charge in [-0.1, -0.05) is 20.8 Å². The molecule has 1 heteroatoms. The van der Waals surface area contributed by atoms with Gasteiger partial charge < -0.3 is 0 Å². The van der Waals surface area contributed by atoms with Crippen molar-refractivity contribution in [3.05, 3.63) is 0 Å². The van der Waals surface area contributed by atoms with Gasteiger partial charge >= 0.3 is 0 Å². The van der Waals surface area contributed by atoms with Gasteiger partial charge in [-0.3, -0.25) is 4.39 Å². The van der Waals surface area contributed by atoms with Crippen LogP contribution in [0.1, 0.15) is 33.6 Å². The molecule has 0 aromatic rings. The van der Waals surface area contributed by atoms with E-state index in [2.05, 4.69) is 20.8 Å². The Kier molecular flexibility index (Phi) is 4.74. The van der Waals surface area contributed by atoms with Crippen molar-refractivity contribution < 1.29 is 4.39 Å². The van der Waals surface area contributed by atoms with Crippen LogP contribution in [0.2, 0.25) is 0 Å². The van der Waals surface area contributed by atoms with E-state index in [1.807, 2.05) is 0 Å². The zero-order valence-electron chi connectivity index (χ0n) is 6.65. The van der Waals surface area contributed by atoms with E-state index < -0.39 is 0 Å². The molecule has 0 bridgehead atoms. The fraction of sp³-hybridized carbons (Fsp3) is 1.00. The molecule has 0 fully saturated rings. The van der Waals surface area contributed by atoms with E-state index in [-0.39, 0.29) is 6.67 Å². The maximum absolute atomic E-state index is 11.6. The Labute approximate surface area is 57.5 Å². The highest BCUT2D eigenvalue weighted by Crippen LogP contribution is 2.15. The largest absolute Gasteiger partial charge is 0.251 e. The molecule has 0 aliphatic carbocycles. The normalized spacial score (nSPS) is 14.3. The number of halogens is 1. The predicted octanol–water partition coefficient (Wildman–Crippen LogP) is 3.03. The van der Waals surface area contributed by atoms with Gasteiger partial charge in [0.05, 0.1) is 6.67 Å². The van der Waals surface area contributed by atoms with Crippen LogP contribution in [0.3, 0.4) is 0 Å². The van der Waals surface area contributed by atoms with Crippen molar-refractivity contribution in [2.75, 3.05) is 6.67 Å². The van der Waals surface area contributed by atoms with Crippen LogP contribution >= 0.6 is 0 Å². The van der Waals surface area contributed by atoms with Crippen LogP contribution in [0.15, 0.2) is 0 Å². The van der Waals surface area contributed by atoms with Crippen LogP contribution in [0.4, 0.5) is 4.39 Å². The van der Waals surface area contributed by atoms with E-state index >= 15 is 0 Å². The second-order valence-corrected chi connectivity index (χ2v) is 3.05. The molecule has 1 unspecified atom stereocenters. The van der Waals surface area contributed by atoms with Crippen molar-refractivity contribution in [2.45, 2.75) is 33.6 Å². The number of hydrogen-bond donors (Lipinski definition) is 0. The molecule has 0 aliphatic rings. The Hall–Kier alpha value is -0.0700. The fourth-order valence-corrected chi connectivity index (χ4v) is 0.732. The van der Waals surface area contributed by atoms with Crippen LogP contribution in [0.5, 0.6) is 0 Å². The van der Waals surface area contributed by atoms with Crippen molar-refractivity contribution in [1.29, 1.82) is 0 Å². The Bertz CT molecular complexity index is 59.6.